The average Bonchev–Trinajstić information content (AvgIpc) is 3.19. The second kappa shape index (κ2) is 10.5. The first-order chi connectivity index (χ1) is 18.4. The van der Waals surface area contributed by atoms with E-state index in [1.165, 1.54) is 30.3 Å². The molecule has 0 spiro atoms. The Labute approximate surface area is 256 Å². The van der Waals surface area contributed by atoms with E-state index >= 15 is 0 Å². The van der Waals surface area contributed by atoms with Gasteiger partial charge in [0.1, 0.15) is 34.5 Å². The summed E-state index contributed by atoms with van der Waals surface area (Å²) in [5.74, 6) is -3.00. The SMILES string of the molecule is Oc1cc(O)cc([C@H]2[C@H](c3cc(Br)c(O)c(Br)c3)c3c(O)cc(O)cc3[C@@H]2[C@@H](O)c2cc(Br)c(O)c(Br)c2)c1. The molecule has 4 aromatic carbocycles. The minimum Gasteiger partial charge on any atom is -0.508 e. The van der Waals surface area contributed by atoms with Gasteiger partial charge in [0.15, 0.2) is 0 Å². The summed E-state index contributed by atoms with van der Waals surface area (Å²) in [6.07, 6.45) is -1.23. The number of aromatic hydroxyl groups is 6. The summed E-state index contributed by atoms with van der Waals surface area (Å²) < 4.78 is 1.47. The normalized spacial score (nSPS) is 19.2. The van der Waals surface area contributed by atoms with Crippen molar-refractivity contribution in [2.45, 2.75) is 23.9 Å². The highest BCUT2D eigenvalue weighted by atomic mass is 79.9. The predicted octanol–water partition coefficient (Wildman–Crippen LogP) is 7.72. The lowest BCUT2D eigenvalue weighted by molar-refractivity contribution is 0.134. The first kappa shape index (κ1) is 28.1. The van der Waals surface area contributed by atoms with Crippen LogP contribution in [0.3, 0.4) is 0 Å². The molecule has 5 rings (SSSR count). The van der Waals surface area contributed by atoms with Gasteiger partial charge in [-0.25, -0.2) is 0 Å². The molecule has 0 saturated carbocycles. The third-order valence-corrected chi connectivity index (χ3v) is 9.44. The van der Waals surface area contributed by atoms with Gasteiger partial charge in [-0.15, -0.1) is 0 Å². The van der Waals surface area contributed by atoms with Crippen molar-refractivity contribution in [2.75, 3.05) is 0 Å². The summed E-state index contributed by atoms with van der Waals surface area (Å²) >= 11 is 13.4. The molecule has 1 aliphatic carbocycles. The molecule has 0 radical (unpaired) electrons. The van der Waals surface area contributed by atoms with Crippen LogP contribution in [0.2, 0.25) is 0 Å². The van der Waals surface area contributed by atoms with Crippen LogP contribution >= 0.6 is 63.7 Å². The lowest BCUT2D eigenvalue weighted by Crippen LogP contribution is -2.18. The van der Waals surface area contributed by atoms with Crippen molar-refractivity contribution in [3.8, 4) is 34.5 Å². The first-order valence-corrected chi connectivity index (χ1v) is 14.7. The van der Waals surface area contributed by atoms with Gasteiger partial charge < -0.3 is 35.7 Å². The smallest absolute Gasteiger partial charge is 0.143 e. The van der Waals surface area contributed by atoms with Crippen molar-refractivity contribution in [1.29, 1.82) is 0 Å². The average molecular weight is 788 g/mol. The van der Waals surface area contributed by atoms with E-state index < -0.39 is 23.9 Å². The van der Waals surface area contributed by atoms with Gasteiger partial charge in [0.05, 0.1) is 24.0 Å². The number of phenols is 6. The maximum Gasteiger partial charge on any atom is 0.143 e. The molecule has 0 aromatic heterocycles. The third-order valence-electron chi connectivity index (χ3n) is 7.02. The molecule has 7 nitrogen and oxygen atoms in total. The molecular weight excluding hydrogens is 768 g/mol. The number of hydrogen-bond acceptors (Lipinski definition) is 7. The highest BCUT2D eigenvalue weighted by Crippen LogP contribution is 2.62. The molecule has 0 bridgehead atoms. The molecule has 7 N–H and O–H groups in total. The van der Waals surface area contributed by atoms with E-state index in [4.69, 9.17) is 0 Å². The van der Waals surface area contributed by atoms with Crippen LogP contribution in [0.4, 0.5) is 0 Å². The Morgan fingerprint density at radius 3 is 1.59 bits per heavy atom. The highest BCUT2D eigenvalue weighted by Gasteiger charge is 2.48. The molecule has 11 heteroatoms. The molecule has 4 aromatic rings. The molecule has 1 aliphatic rings. The molecule has 0 heterocycles. The maximum absolute atomic E-state index is 11.9. The minimum atomic E-state index is -1.23. The summed E-state index contributed by atoms with van der Waals surface area (Å²) in [6.45, 7) is 0. The number of fused-ring (bicyclic) bond motifs is 1. The number of aliphatic hydroxyl groups is 1. The van der Waals surface area contributed by atoms with Gasteiger partial charge in [0.25, 0.3) is 0 Å². The van der Waals surface area contributed by atoms with Crippen LogP contribution in [0.5, 0.6) is 34.5 Å². The van der Waals surface area contributed by atoms with Crippen molar-refractivity contribution in [2.24, 2.45) is 0 Å². The van der Waals surface area contributed by atoms with E-state index in [9.17, 15) is 35.7 Å². The van der Waals surface area contributed by atoms with E-state index in [0.29, 0.717) is 45.7 Å². The molecule has 0 unspecified atom stereocenters. The number of halogens is 4. The number of phenolic OH excluding ortho intramolecular Hbond substituents is 6. The second-order valence-corrected chi connectivity index (χ2v) is 12.8. The van der Waals surface area contributed by atoms with Crippen LogP contribution in [0.1, 0.15) is 51.7 Å². The molecule has 39 heavy (non-hydrogen) atoms. The Bertz CT molecular complexity index is 1560. The van der Waals surface area contributed by atoms with Crippen LogP contribution in [0.15, 0.2) is 72.5 Å². The van der Waals surface area contributed by atoms with Crippen LogP contribution in [-0.4, -0.2) is 35.7 Å². The number of rotatable bonds is 4. The standard InChI is InChI=1S/C28H20Br4O7/c29-17-3-11(4-18(30)27(17)38)22-23(10-1-13(33)7-14(34)2-10)25(16-8-15(35)9-21(36)24(16)22)26(37)12-5-19(31)28(39)20(32)6-12/h1-9,22-23,25-26,33-39H/t22-,23-,25-,26-/m0/s1. The lowest BCUT2D eigenvalue weighted by atomic mass is 9.75. The minimum absolute atomic E-state index is 0.0196. The van der Waals surface area contributed by atoms with Gasteiger partial charge >= 0.3 is 0 Å². The van der Waals surface area contributed by atoms with Crippen molar-refractivity contribution in [3.05, 3.63) is 100 Å². The van der Waals surface area contributed by atoms with E-state index in [0.717, 1.165) is 0 Å². The van der Waals surface area contributed by atoms with Gasteiger partial charge in [-0.05, 0) is 128 Å². The molecule has 0 amide bonds. The van der Waals surface area contributed by atoms with Gasteiger partial charge in [-0.2, -0.15) is 0 Å². The van der Waals surface area contributed by atoms with Crippen LogP contribution in [0, 0.1) is 0 Å². The molecular formula is C28H20Br4O7. The van der Waals surface area contributed by atoms with Crippen LogP contribution < -0.4 is 0 Å². The van der Waals surface area contributed by atoms with Gasteiger partial charge in [-0.1, -0.05) is 0 Å². The quantitative estimate of drug-likeness (QED) is 0.112. The fraction of sp³-hybridized carbons (Fsp3) is 0.143. The van der Waals surface area contributed by atoms with Gasteiger partial charge in [0.2, 0.25) is 0 Å². The van der Waals surface area contributed by atoms with Gasteiger partial charge in [0, 0.05) is 35.4 Å². The molecule has 0 aliphatic heterocycles. The topological polar surface area (TPSA) is 142 Å². The van der Waals surface area contributed by atoms with Crippen LogP contribution in [-0.2, 0) is 0 Å². The number of aliphatic hydroxyl groups excluding tert-OH is 1. The van der Waals surface area contributed by atoms with E-state index in [1.807, 2.05) is 0 Å². The summed E-state index contributed by atoms with van der Waals surface area (Å²) in [5, 5.41) is 74.9. The van der Waals surface area contributed by atoms with Crippen molar-refractivity contribution >= 4 is 63.7 Å². The van der Waals surface area contributed by atoms with Crippen molar-refractivity contribution in [3.63, 3.8) is 0 Å². The molecule has 0 fully saturated rings. The predicted molar refractivity (Wildman–Crippen MR) is 159 cm³/mol. The first-order valence-electron chi connectivity index (χ1n) is 11.5. The van der Waals surface area contributed by atoms with E-state index in [2.05, 4.69) is 63.7 Å². The van der Waals surface area contributed by atoms with E-state index in [-0.39, 0.29) is 34.5 Å². The highest BCUT2D eigenvalue weighted by molar-refractivity contribution is 9.11. The zero-order valence-electron chi connectivity index (χ0n) is 19.6. The van der Waals surface area contributed by atoms with Crippen molar-refractivity contribution < 1.29 is 35.7 Å². The molecule has 0 saturated heterocycles. The largest absolute Gasteiger partial charge is 0.508 e. The van der Waals surface area contributed by atoms with E-state index in [1.54, 1.807) is 24.3 Å². The molecule has 202 valence electrons. The fourth-order valence-electron chi connectivity index (χ4n) is 5.52. The zero-order chi connectivity index (χ0) is 28.3. The van der Waals surface area contributed by atoms with Crippen molar-refractivity contribution in [1.82, 2.24) is 0 Å². The Kier molecular flexibility index (Phi) is 7.58. The number of benzene rings is 4. The number of hydrogen-bond donors (Lipinski definition) is 7. The summed E-state index contributed by atoms with van der Waals surface area (Å²) in [4.78, 5) is 0. The monoisotopic (exact) mass is 784 g/mol. The fourth-order valence-corrected chi connectivity index (χ4v) is 7.96. The summed E-state index contributed by atoms with van der Waals surface area (Å²) in [5.41, 5.74) is 2.43. The zero-order valence-corrected chi connectivity index (χ0v) is 26.0. The Morgan fingerprint density at radius 2 is 1.05 bits per heavy atom. The summed E-state index contributed by atoms with van der Waals surface area (Å²) in [7, 11) is 0. The summed E-state index contributed by atoms with van der Waals surface area (Å²) in [6, 6.07) is 13.4. The van der Waals surface area contributed by atoms with Crippen LogP contribution in [0.25, 0.3) is 0 Å². The molecule has 4 atom stereocenters. The Morgan fingerprint density at radius 1 is 0.564 bits per heavy atom. The maximum atomic E-state index is 11.9. The Hall–Kier alpha value is -2.44. The lowest BCUT2D eigenvalue weighted by Gasteiger charge is -2.31. The van der Waals surface area contributed by atoms with Gasteiger partial charge in [-0.3, -0.25) is 0 Å². The Balaban J connectivity index is 1.83. The second-order valence-electron chi connectivity index (χ2n) is 9.39. The third kappa shape index (κ3) is 4.99.